The average molecular weight is 381 g/mol. The molecule has 130 valence electrons. The molecule has 0 atom stereocenters. The van der Waals surface area contributed by atoms with E-state index in [-0.39, 0.29) is 6.61 Å². The van der Waals surface area contributed by atoms with Crippen LogP contribution in [0.2, 0.25) is 10.0 Å². The van der Waals surface area contributed by atoms with Gasteiger partial charge in [0, 0.05) is 12.1 Å². The predicted octanol–water partition coefficient (Wildman–Crippen LogP) is 4.53. The zero-order chi connectivity index (χ0) is 17.6. The molecule has 25 heavy (non-hydrogen) atoms. The van der Waals surface area contributed by atoms with Crippen LogP contribution in [0.3, 0.4) is 0 Å². The van der Waals surface area contributed by atoms with Crippen molar-refractivity contribution in [2.45, 2.75) is 6.54 Å². The molecule has 0 unspecified atom stereocenters. The van der Waals surface area contributed by atoms with Gasteiger partial charge in [0.1, 0.15) is 25.4 Å². The molecule has 0 aliphatic heterocycles. The summed E-state index contributed by atoms with van der Waals surface area (Å²) in [5.41, 5.74) is 1.50. The van der Waals surface area contributed by atoms with Crippen molar-refractivity contribution in [2.24, 2.45) is 0 Å². The lowest BCUT2D eigenvalue weighted by Gasteiger charge is -2.13. The molecule has 8 heteroatoms. The van der Waals surface area contributed by atoms with Crippen LogP contribution in [0.5, 0.6) is 5.75 Å². The van der Waals surface area contributed by atoms with Crippen LogP contribution < -0.4 is 10.1 Å². The van der Waals surface area contributed by atoms with Gasteiger partial charge in [0.25, 0.3) is 0 Å². The van der Waals surface area contributed by atoms with Gasteiger partial charge in [-0.05, 0) is 18.2 Å². The number of halogens is 3. The van der Waals surface area contributed by atoms with Gasteiger partial charge in [-0.1, -0.05) is 47.5 Å². The maximum Gasteiger partial charge on any atom is 0.226 e. The van der Waals surface area contributed by atoms with E-state index in [2.05, 4.69) is 15.4 Å². The third-order valence-electron chi connectivity index (χ3n) is 3.45. The van der Waals surface area contributed by atoms with Crippen LogP contribution >= 0.6 is 23.2 Å². The van der Waals surface area contributed by atoms with Crippen LogP contribution in [-0.2, 0) is 6.54 Å². The number of rotatable bonds is 7. The molecule has 3 rings (SSSR count). The van der Waals surface area contributed by atoms with E-state index in [0.29, 0.717) is 34.0 Å². The minimum atomic E-state index is -0.538. The average Bonchev–Trinajstić information content (AvgIpc) is 3.09. The van der Waals surface area contributed by atoms with E-state index in [4.69, 9.17) is 27.9 Å². The minimum absolute atomic E-state index is 0.0192. The highest BCUT2D eigenvalue weighted by atomic mass is 35.5. The van der Waals surface area contributed by atoms with E-state index in [0.717, 1.165) is 5.56 Å². The molecule has 0 radical (unpaired) electrons. The van der Waals surface area contributed by atoms with E-state index < -0.39 is 6.67 Å². The smallest absolute Gasteiger partial charge is 0.226 e. The fraction of sp³-hybridized carbons (Fsp3) is 0.176. The SMILES string of the molecule is FCCOc1ccccc1CNc1ncnn1-c1cccc(Cl)c1Cl. The number of hydrogen-bond acceptors (Lipinski definition) is 4. The highest BCUT2D eigenvalue weighted by Crippen LogP contribution is 2.29. The van der Waals surface area contributed by atoms with Gasteiger partial charge in [0.2, 0.25) is 5.95 Å². The lowest BCUT2D eigenvalue weighted by atomic mass is 10.2. The van der Waals surface area contributed by atoms with Gasteiger partial charge in [-0.3, -0.25) is 0 Å². The Balaban J connectivity index is 1.80. The summed E-state index contributed by atoms with van der Waals surface area (Å²) in [7, 11) is 0. The fourth-order valence-electron chi connectivity index (χ4n) is 2.31. The van der Waals surface area contributed by atoms with Gasteiger partial charge in [0.05, 0.1) is 15.7 Å². The molecule has 0 bridgehead atoms. The molecule has 0 amide bonds. The van der Waals surface area contributed by atoms with Crippen LogP contribution in [0.15, 0.2) is 48.8 Å². The van der Waals surface area contributed by atoms with Gasteiger partial charge in [-0.2, -0.15) is 14.8 Å². The molecule has 5 nitrogen and oxygen atoms in total. The molecule has 2 aromatic carbocycles. The second-order valence-corrected chi connectivity index (χ2v) is 5.85. The van der Waals surface area contributed by atoms with Crippen LogP contribution in [0.25, 0.3) is 5.69 Å². The summed E-state index contributed by atoms with van der Waals surface area (Å²) in [4.78, 5) is 4.21. The Labute approximate surface area is 154 Å². The van der Waals surface area contributed by atoms with Crippen molar-refractivity contribution in [3.05, 3.63) is 64.4 Å². The first-order valence-electron chi connectivity index (χ1n) is 7.55. The zero-order valence-corrected chi connectivity index (χ0v) is 14.6. The molecule has 0 fully saturated rings. The van der Waals surface area contributed by atoms with Gasteiger partial charge in [-0.15, -0.1) is 0 Å². The quantitative estimate of drug-likeness (QED) is 0.653. The summed E-state index contributed by atoms with van der Waals surface area (Å²) in [5, 5.41) is 8.21. The third kappa shape index (κ3) is 4.03. The molecule has 0 spiro atoms. The zero-order valence-electron chi connectivity index (χ0n) is 13.1. The molecule has 1 aromatic heterocycles. The van der Waals surface area contributed by atoms with Gasteiger partial charge in [0.15, 0.2) is 0 Å². The van der Waals surface area contributed by atoms with E-state index in [9.17, 15) is 4.39 Å². The van der Waals surface area contributed by atoms with Crippen molar-refractivity contribution in [1.29, 1.82) is 0 Å². The molecule has 0 saturated carbocycles. The number of nitrogens with one attached hydrogen (secondary N) is 1. The molecular formula is C17H15Cl2FN4O. The molecule has 1 N–H and O–H groups in total. The number of para-hydroxylation sites is 1. The van der Waals surface area contributed by atoms with E-state index >= 15 is 0 Å². The van der Waals surface area contributed by atoms with Gasteiger partial charge < -0.3 is 10.1 Å². The fourth-order valence-corrected chi connectivity index (χ4v) is 2.68. The van der Waals surface area contributed by atoms with Crippen LogP contribution in [0.4, 0.5) is 10.3 Å². The molecule has 0 saturated heterocycles. The Hall–Kier alpha value is -2.31. The van der Waals surface area contributed by atoms with Crippen molar-refractivity contribution < 1.29 is 9.13 Å². The first-order chi connectivity index (χ1) is 12.2. The van der Waals surface area contributed by atoms with Gasteiger partial charge >= 0.3 is 0 Å². The molecule has 0 aliphatic carbocycles. The Bertz CT molecular complexity index is 856. The first kappa shape index (κ1) is 17.5. The summed E-state index contributed by atoms with van der Waals surface area (Å²) in [5.74, 6) is 1.13. The lowest BCUT2D eigenvalue weighted by Crippen LogP contribution is -2.09. The summed E-state index contributed by atoms with van der Waals surface area (Å²) >= 11 is 12.3. The van der Waals surface area contributed by atoms with Crippen molar-refractivity contribution in [3.63, 3.8) is 0 Å². The third-order valence-corrected chi connectivity index (χ3v) is 4.26. The summed E-state index contributed by atoms with van der Waals surface area (Å²) < 4.78 is 19.3. The number of aromatic nitrogens is 3. The largest absolute Gasteiger partial charge is 0.491 e. The predicted molar refractivity (Wildman–Crippen MR) is 96.6 cm³/mol. The Kier molecular flexibility index (Phi) is 5.73. The number of nitrogens with zero attached hydrogens (tertiary/aromatic N) is 3. The Morgan fingerprint density at radius 3 is 2.80 bits per heavy atom. The van der Waals surface area contributed by atoms with E-state index in [1.807, 2.05) is 18.2 Å². The molecule has 0 aliphatic rings. The first-order valence-corrected chi connectivity index (χ1v) is 8.31. The number of ether oxygens (including phenoxy) is 1. The van der Waals surface area contributed by atoms with Crippen LogP contribution in [-0.4, -0.2) is 28.0 Å². The van der Waals surface area contributed by atoms with Crippen molar-refractivity contribution in [3.8, 4) is 11.4 Å². The minimum Gasteiger partial charge on any atom is -0.491 e. The van der Waals surface area contributed by atoms with Crippen LogP contribution in [0.1, 0.15) is 5.56 Å². The van der Waals surface area contributed by atoms with Gasteiger partial charge in [-0.25, -0.2) is 4.39 Å². The highest BCUT2D eigenvalue weighted by molar-refractivity contribution is 6.43. The van der Waals surface area contributed by atoms with E-state index in [1.165, 1.54) is 6.33 Å². The van der Waals surface area contributed by atoms with Crippen molar-refractivity contribution in [2.75, 3.05) is 18.6 Å². The normalized spacial score (nSPS) is 10.7. The monoisotopic (exact) mass is 380 g/mol. The van der Waals surface area contributed by atoms with Crippen molar-refractivity contribution in [1.82, 2.24) is 14.8 Å². The molecule has 1 heterocycles. The van der Waals surface area contributed by atoms with Crippen molar-refractivity contribution >= 4 is 29.2 Å². The standard InChI is InChI=1S/C17H15Cl2FN4O/c18-13-5-3-6-14(16(13)19)24-17(22-11-23-24)21-10-12-4-1-2-7-15(12)25-9-8-20/h1-7,11H,8-10H2,(H,21,22,23). The Morgan fingerprint density at radius 2 is 1.96 bits per heavy atom. The van der Waals surface area contributed by atoms with E-state index in [1.54, 1.807) is 28.9 Å². The second-order valence-electron chi connectivity index (χ2n) is 5.07. The second kappa shape index (κ2) is 8.18. The highest BCUT2D eigenvalue weighted by Gasteiger charge is 2.12. The Morgan fingerprint density at radius 1 is 1.12 bits per heavy atom. The molecule has 3 aromatic rings. The maximum absolute atomic E-state index is 12.3. The summed E-state index contributed by atoms with van der Waals surface area (Å²) in [6, 6.07) is 12.7. The summed E-state index contributed by atoms with van der Waals surface area (Å²) in [6.45, 7) is -0.0893. The number of hydrogen-bond donors (Lipinski definition) is 1. The number of alkyl halides is 1. The molecular weight excluding hydrogens is 366 g/mol. The summed E-state index contributed by atoms with van der Waals surface area (Å²) in [6.07, 6.45) is 1.42. The number of benzene rings is 2. The topological polar surface area (TPSA) is 52.0 Å². The van der Waals surface area contributed by atoms with Crippen LogP contribution in [0, 0.1) is 0 Å². The lowest BCUT2D eigenvalue weighted by molar-refractivity contribution is 0.271. The maximum atomic E-state index is 12.3. The number of anilines is 1.